The second-order valence-corrected chi connectivity index (χ2v) is 12.1. The molecule has 3 aromatic carbocycles. The van der Waals surface area contributed by atoms with Crippen LogP contribution in [0.4, 0.5) is 11.6 Å². The third-order valence-electron chi connectivity index (χ3n) is 6.94. The van der Waals surface area contributed by atoms with Gasteiger partial charge in [-0.05, 0) is 78.0 Å². The molecule has 2 N–H and O–H groups in total. The number of aryl methyl sites for hydroxylation is 2. The minimum Gasteiger partial charge on any atom is -0.493 e. The number of methoxy groups -OCH3 is 1. The van der Waals surface area contributed by atoms with Crippen molar-refractivity contribution >= 4 is 45.2 Å². The molecule has 0 saturated heterocycles. The van der Waals surface area contributed by atoms with Crippen molar-refractivity contribution in [2.75, 3.05) is 23.5 Å². The van der Waals surface area contributed by atoms with Crippen molar-refractivity contribution in [1.82, 2.24) is 14.8 Å². The number of anilines is 2. The van der Waals surface area contributed by atoms with E-state index in [2.05, 4.69) is 39.6 Å². The standard InChI is InChI=1S/C32H34BrN5O3S/c1-6-14-42-32-36-31-34-21(4)27(30(39)35-25-13-12-19(2)15-20(25)3)28(38(31)37-32)23-16-24(33)29(26(17-23)40-5)41-18-22-10-8-7-9-11-22/h7-13,15-17,28H,6,14,18H2,1-5H3,(H,35,39)(H,34,36,37). The second-order valence-electron chi connectivity index (χ2n) is 10.2. The van der Waals surface area contributed by atoms with Gasteiger partial charge in [-0.2, -0.15) is 4.98 Å². The minimum absolute atomic E-state index is 0.222. The molecule has 42 heavy (non-hydrogen) atoms. The normalized spacial score (nSPS) is 14.3. The van der Waals surface area contributed by atoms with Gasteiger partial charge in [0.25, 0.3) is 5.91 Å². The summed E-state index contributed by atoms with van der Waals surface area (Å²) in [7, 11) is 1.61. The van der Waals surface area contributed by atoms with Crippen LogP contribution < -0.4 is 20.1 Å². The summed E-state index contributed by atoms with van der Waals surface area (Å²) in [5, 5.41) is 11.9. The summed E-state index contributed by atoms with van der Waals surface area (Å²) in [4.78, 5) is 18.7. The highest BCUT2D eigenvalue weighted by Crippen LogP contribution is 2.43. The number of fused-ring (bicyclic) bond motifs is 1. The highest BCUT2D eigenvalue weighted by molar-refractivity contribution is 9.10. The summed E-state index contributed by atoms with van der Waals surface area (Å²) in [6.45, 7) is 8.42. The zero-order chi connectivity index (χ0) is 29.8. The molecule has 10 heteroatoms. The molecule has 0 saturated carbocycles. The first-order valence-corrected chi connectivity index (χ1v) is 15.6. The molecule has 0 radical (unpaired) electrons. The van der Waals surface area contributed by atoms with E-state index in [0.717, 1.165) is 40.1 Å². The summed E-state index contributed by atoms with van der Waals surface area (Å²) in [6, 6.07) is 19.2. The van der Waals surface area contributed by atoms with Crippen molar-refractivity contribution in [3.8, 4) is 11.5 Å². The Bertz CT molecular complexity index is 1640. The number of carbonyl (C=O) groups excluding carboxylic acids is 1. The Morgan fingerprint density at radius 2 is 1.90 bits per heavy atom. The van der Waals surface area contributed by atoms with Crippen LogP contribution in [0.3, 0.4) is 0 Å². The monoisotopic (exact) mass is 647 g/mol. The van der Waals surface area contributed by atoms with Crippen LogP contribution in [0.5, 0.6) is 11.5 Å². The van der Waals surface area contributed by atoms with Crippen LogP contribution in [-0.2, 0) is 11.4 Å². The molecule has 0 bridgehead atoms. The molecule has 0 aliphatic carbocycles. The Morgan fingerprint density at radius 1 is 1.12 bits per heavy atom. The maximum Gasteiger partial charge on any atom is 0.255 e. The van der Waals surface area contributed by atoms with Crippen LogP contribution in [0.1, 0.15) is 48.6 Å². The summed E-state index contributed by atoms with van der Waals surface area (Å²) in [5.74, 6) is 2.38. The first-order chi connectivity index (χ1) is 20.3. The largest absolute Gasteiger partial charge is 0.493 e. The SMILES string of the molecule is CCCSc1nc2n(n1)C(c1cc(Br)c(OCc3ccccc3)c(OC)c1)C(C(=O)Nc1ccc(C)cc1C)=C(C)N2. The van der Waals surface area contributed by atoms with Gasteiger partial charge < -0.3 is 20.1 Å². The fraction of sp³-hybridized carbons (Fsp3) is 0.281. The van der Waals surface area contributed by atoms with Gasteiger partial charge in [0, 0.05) is 17.1 Å². The third kappa shape index (κ3) is 6.34. The lowest BCUT2D eigenvalue weighted by Crippen LogP contribution is -2.31. The van der Waals surface area contributed by atoms with Crippen molar-refractivity contribution in [2.24, 2.45) is 0 Å². The molecule has 4 aromatic rings. The van der Waals surface area contributed by atoms with Crippen molar-refractivity contribution < 1.29 is 14.3 Å². The Hall–Kier alpha value is -3.76. The number of halogens is 1. The quantitative estimate of drug-likeness (QED) is 0.171. The number of carbonyl (C=O) groups is 1. The lowest BCUT2D eigenvalue weighted by molar-refractivity contribution is -0.113. The van der Waals surface area contributed by atoms with Gasteiger partial charge in [-0.25, -0.2) is 4.68 Å². The topological polar surface area (TPSA) is 90.3 Å². The highest BCUT2D eigenvalue weighted by atomic mass is 79.9. The fourth-order valence-corrected chi connectivity index (χ4v) is 6.16. The van der Waals surface area contributed by atoms with Gasteiger partial charge in [0.1, 0.15) is 12.6 Å². The zero-order valence-electron chi connectivity index (χ0n) is 24.3. The van der Waals surface area contributed by atoms with Crippen molar-refractivity contribution in [1.29, 1.82) is 0 Å². The Morgan fingerprint density at radius 3 is 2.62 bits per heavy atom. The number of nitrogens with one attached hydrogen (secondary N) is 2. The third-order valence-corrected chi connectivity index (χ3v) is 8.57. The van der Waals surface area contributed by atoms with E-state index >= 15 is 0 Å². The summed E-state index contributed by atoms with van der Waals surface area (Å²) < 4.78 is 14.5. The molecule has 0 spiro atoms. The lowest BCUT2D eigenvalue weighted by Gasteiger charge is -2.29. The number of nitrogens with zero attached hydrogens (tertiary/aromatic N) is 3. The molecule has 1 atom stereocenters. The van der Waals surface area contributed by atoms with Gasteiger partial charge in [0.2, 0.25) is 11.1 Å². The van der Waals surface area contributed by atoms with Crippen LogP contribution in [-0.4, -0.2) is 33.5 Å². The molecule has 8 nitrogen and oxygen atoms in total. The van der Waals surface area contributed by atoms with E-state index in [4.69, 9.17) is 19.6 Å². The van der Waals surface area contributed by atoms with Gasteiger partial charge in [-0.3, -0.25) is 4.79 Å². The molecular formula is C32H34BrN5O3S. The molecule has 0 fully saturated rings. The van der Waals surface area contributed by atoms with Crippen molar-refractivity contribution in [3.05, 3.63) is 98.7 Å². The molecule has 1 unspecified atom stereocenters. The Kier molecular flexibility index (Phi) is 9.23. The maximum atomic E-state index is 14.0. The molecule has 1 aromatic heterocycles. The van der Waals surface area contributed by atoms with E-state index < -0.39 is 6.04 Å². The lowest BCUT2D eigenvalue weighted by atomic mass is 9.94. The fourth-order valence-electron chi connectivity index (χ4n) is 4.90. The zero-order valence-corrected chi connectivity index (χ0v) is 26.7. The number of benzene rings is 3. The molecular weight excluding hydrogens is 614 g/mol. The number of allylic oxidation sites excluding steroid dienone is 1. The van der Waals surface area contributed by atoms with Gasteiger partial charge in [0.15, 0.2) is 11.5 Å². The summed E-state index contributed by atoms with van der Waals surface area (Å²) in [5.41, 5.74) is 5.97. The maximum absolute atomic E-state index is 14.0. The predicted octanol–water partition coefficient (Wildman–Crippen LogP) is 7.67. The second kappa shape index (κ2) is 13.0. The van der Waals surface area contributed by atoms with E-state index in [1.807, 2.05) is 75.4 Å². The average molecular weight is 649 g/mol. The molecule has 5 rings (SSSR count). The number of amides is 1. The number of hydrogen-bond donors (Lipinski definition) is 2. The molecule has 1 amide bonds. The van der Waals surface area contributed by atoms with E-state index in [-0.39, 0.29) is 5.91 Å². The highest BCUT2D eigenvalue weighted by Gasteiger charge is 2.35. The van der Waals surface area contributed by atoms with Crippen LogP contribution >= 0.6 is 27.7 Å². The van der Waals surface area contributed by atoms with E-state index in [9.17, 15) is 4.79 Å². The van der Waals surface area contributed by atoms with E-state index in [1.165, 1.54) is 0 Å². The smallest absolute Gasteiger partial charge is 0.255 e. The predicted molar refractivity (Wildman–Crippen MR) is 172 cm³/mol. The molecule has 2 heterocycles. The summed E-state index contributed by atoms with van der Waals surface area (Å²) in [6.07, 6.45) is 1.00. The Balaban J connectivity index is 1.56. The molecule has 1 aliphatic heterocycles. The van der Waals surface area contributed by atoms with Crippen LogP contribution in [0.15, 0.2) is 81.6 Å². The van der Waals surface area contributed by atoms with Gasteiger partial charge in [-0.15, -0.1) is 5.10 Å². The number of aromatic nitrogens is 3. The minimum atomic E-state index is -0.566. The van der Waals surface area contributed by atoms with Crippen LogP contribution in [0.25, 0.3) is 0 Å². The van der Waals surface area contributed by atoms with Gasteiger partial charge in [0.05, 0.1) is 17.2 Å². The van der Waals surface area contributed by atoms with Crippen molar-refractivity contribution in [2.45, 2.75) is 51.9 Å². The molecule has 218 valence electrons. The van der Waals surface area contributed by atoms with Crippen molar-refractivity contribution in [3.63, 3.8) is 0 Å². The van der Waals surface area contributed by atoms with Gasteiger partial charge in [-0.1, -0.05) is 66.7 Å². The molecule has 1 aliphatic rings. The first kappa shape index (κ1) is 29.7. The van der Waals surface area contributed by atoms with Crippen LogP contribution in [0.2, 0.25) is 0 Å². The first-order valence-electron chi connectivity index (χ1n) is 13.8. The number of ether oxygens (including phenoxy) is 2. The van der Waals surface area contributed by atoms with Crippen LogP contribution in [0, 0.1) is 13.8 Å². The number of rotatable bonds is 10. The summed E-state index contributed by atoms with van der Waals surface area (Å²) >= 11 is 5.30. The number of thioether (sulfide) groups is 1. The van der Waals surface area contributed by atoms with E-state index in [1.54, 1.807) is 23.6 Å². The average Bonchev–Trinajstić information content (AvgIpc) is 3.38. The number of hydrogen-bond acceptors (Lipinski definition) is 7. The van der Waals surface area contributed by atoms with Gasteiger partial charge >= 0.3 is 0 Å². The Labute approximate surface area is 259 Å². The van der Waals surface area contributed by atoms with E-state index in [0.29, 0.717) is 45.0 Å².